The molecule has 0 radical (unpaired) electrons. The molecule has 0 aliphatic heterocycles. The molecule has 0 spiro atoms. The molecule has 0 N–H and O–H groups in total. The Morgan fingerprint density at radius 1 is 1.15 bits per heavy atom. The fourth-order valence-corrected chi connectivity index (χ4v) is 1.68. The van der Waals surface area contributed by atoms with Crippen LogP contribution in [0.15, 0.2) is 12.2 Å². The summed E-state index contributed by atoms with van der Waals surface area (Å²) in [6.07, 6.45) is 13.8. The highest BCUT2D eigenvalue weighted by Crippen LogP contribution is 2.14. The van der Waals surface area contributed by atoms with Crippen molar-refractivity contribution < 1.29 is 0 Å². The Morgan fingerprint density at radius 2 is 1.85 bits per heavy atom. The van der Waals surface area contributed by atoms with Gasteiger partial charge < -0.3 is 0 Å². The largest absolute Gasteiger partial charge is 0.0917 e. The molecule has 0 bridgehead atoms. The van der Waals surface area contributed by atoms with Crippen molar-refractivity contribution in [1.82, 2.24) is 0 Å². The number of halogens is 1. The van der Waals surface area contributed by atoms with Gasteiger partial charge >= 0.3 is 0 Å². The number of allylic oxidation sites excluding steroid dienone is 2. The van der Waals surface area contributed by atoms with E-state index in [1.807, 2.05) is 0 Å². The quantitative estimate of drug-likeness (QED) is 0.319. The molecule has 0 amide bonds. The predicted molar refractivity (Wildman–Crippen MR) is 65.5 cm³/mol. The minimum atomic E-state index is 0.753. The third-order valence-electron chi connectivity index (χ3n) is 2.32. The van der Waals surface area contributed by atoms with Crippen LogP contribution in [0.5, 0.6) is 0 Å². The van der Waals surface area contributed by atoms with E-state index in [4.69, 9.17) is 0 Å². The van der Waals surface area contributed by atoms with Gasteiger partial charge in [0.05, 0.1) is 0 Å². The second-order valence-electron chi connectivity index (χ2n) is 3.57. The molecular weight excluding hydrogens is 224 g/mol. The van der Waals surface area contributed by atoms with Gasteiger partial charge in [0.2, 0.25) is 0 Å². The number of hydrogen-bond acceptors (Lipinski definition) is 0. The number of rotatable bonds is 8. The first-order valence-corrected chi connectivity index (χ1v) is 6.48. The van der Waals surface area contributed by atoms with Gasteiger partial charge in [-0.2, -0.15) is 0 Å². The maximum atomic E-state index is 3.66. The molecule has 0 fully saturated rings. The predicted octanol–water partition coefficient (Wildman–Crippen LogP) is 5.08. The van der Waals surface area contributed by atoms with Crippen molar-refractivity contribution in [3.05, 3.63) is 12.2 Å². The van der Waals surface area contributed by atoms with Crippen LogP contribution in [0.1, 0.15) is 58.8 Å². The molecular formula is C12H23Br. The summed E-state index contributed by atoms with van der Waals surface area (Å²) in [4.78, 5) is 0.753. The number of unbranched alkanes of at least 4 members (excludes halogenated alkanes) is 4. The Morgan fingerprint density at radius 3 is 2.46 bits per heavy atom. The molecule has 0 aromatic carbocycles. The zero-order chi connectivity index (χ0) is 9.94. The van der Waals surface area contributed by atoms with E-state index >= 15 is 0 Å². The van der Waals surface area contributed by atoms with E-state index < -0.39 is 0 Å². The molecule has 13 heavy (non-hydrogen) atoms. The van der Waals surface area contributed by atoms with Gasteiger partial charge in [-0.3, -0.25) is 0 Å². The zero-order valence-electron chi connectivity index (χ0n) is 9.06. The molecule has 1 heteroatoms. The summed E-state index contributed by atoms with van der Waals surface area (Å²) < 4.78 is 0. The van der Waals surface area contributed by atoms with Crippen LogP contribution in [-0.4, -0.2) is 4.83 Å². The van der Waals surface area contributed by atoms with Gasteiger partial charge in [0.1, 0.15) is 0 Å². The van der Waals surface area contributed by atoms with Crippen LogP contribution < -0.4 is 0 Å². The van der Waals surface area contributed by atoms with Crippen molar-refractivity contribution in [2.45, 2.75) is 63.6 Å². The van der Waals surface area contributed by atoms with E-state index in [9.17, 15) is 0 Å². The van der Waals surface area contributed by atoms with Crippen LogP contribution in [-0.2, 0) is 0 Å². The fraction of sp³-hybridized carbons (Fsp3) is 0.833. The summed E-state index contributed by atoms with van der Waals surface area (Å²) in [6.45, 7) is 4.34. The third kappa shape index (κ3) is 10.1. The summed E-state index contributed by atoms with van der Waals surface area (Å²) in [5, 5.41) is 0. The van der Waals surface area contributed by atoms with Crippen LogP contribution in [0, 0.1) is 0 Å². The van der Waals surface area contributed by atoms with E-state index in [0.29, 0.717) is 0 Å². The second kappa shape index (κ2) is 10.3. The number of hydrogen-bond donors (Lipinski definition) is 0. The lowest BCUT2D eigenvalue weighted by Crippen LogP contribution is -1.94. The van der Waals surface area contributed by atoms with Crippen LogP contribution in [0.4, 0.5) is 0 Å². The minimum absolute atomic E-state index is 0.753. The van der Waals surface area contributed by atoms with Gasteiger partial charge in [0.15, 0.2) is 0 Å². The highest BCUT2D eigenvalue weighted by Gasteiger charge is 1.98. The van der Waals surface area contributed by atoms with Gasteiger partial charge in [-0.05, 0) is 32.6 Å². The first kappa shape index (κ1) is 13.2. The van der Waals surface area contributed by atoms with Crippen LogP contribution >= 0.6 is 15.9 Å². The van der Waals surface area contributed by atoms with Crippen LogP contribution in [0.3, 0.4) is 0 Å². The Hall–Kier alpha value is 0.220. The highest BCUT2D eigenvalue weighted by atomic mass is 79.9. The van der Waals surface area contributed by atoms with Crippen molar-refractivity contribution in [3.63, 3.8) is 0 Å². The SMILES string of the molecule is C/C=C/CCCCCCC(Br)CC. The topological polar surface area (TPSA) is 0 Å². The molecule has 0 saturated carbocycles. The van der Waals surface area contributed by atoms with Gasteiger partial charge in [-0.15, -0.1) is 0 Å². The van der Waals surface area contributed by atoms with E-state index in [2.05, 4.69) is 41.9 Å². The minimum Gasteiger partial charge on any atom is -0.0917 e. The van der Waals surface area contributed by atoms with E-state index in [1.54, 1.807) is 0 Å². The molecule has 0 aliphatic carbocycles. The first-order valence-electron chi connectivity index (χ1n) is 5.56. The van der Waals surface area contributed by atoms with Gasteiger partial charge in [0.25, 0.3) is 0 Å². The summed E-state index contributed by atoms with van der Waals surface area (Å²) in [7, 11) is 0. The summed E-state index contributed by atoms with van der Waals surface area (Å²) in [6, 6.07) is 0. The average Bonchev–Trinajstić information content (AvgIpc) is 2.16. The van der Waals surface area contributed by atoms with Crippen molar-refractivity contribution in [2.75, 3.05) is 0 Å². The summed E-state index contributed by atoms with van der Waals surface area (Å²) >= 11 is 3.66. The van der Waals surface area contributed by atoms with E-state index in [0.717, 1.165) is 4.83 Å². The van der Waals surface area contributed by atoms with Crippen LogP contribution in [0.25, 0.3) is 0 Å². The maximum absolute atomic E-state index is 3.66. The van der Waals surface area contributed by atoms with Gasteiger partial charge in [-0.25, -0.2) is 0 Å². The average molecular weight is 247 g/mol. The molecule has 1 unspecified atom stereocenters. The monoisotopic (exact) mass is 246 g/mol. The lowest BCUT2D eigenvalue weighted by atomic mass is 10.1. The highest BCUT2D eigenvalue weighted by molar-refractivity contribution is 9.09. The van der Waals surface area contributed by atoms with Gasteiger partial charge in [0, 0.05) is 4.83 Å². The normalized spacial score (nSPS) is 13.8. The molecule has 1 atom stereocenters. The summed E-state index contributed by atoms with van der Waals surface area (Å²) in [5.74, 6) is 0. The zero-order valence-corrected chi connectivity index (χ0v) is 10.6. The Kier molecular flexibility index (Phi) is 10.5. The second-order valence-corrected chi connectivity index (χ2v) is 4.86. The van der Waals surface area contributed by atoms with Gasteiger partial charge in [-0.1, -0.05) is 54.3 Å². The lowest BCUT2D eigenvalue weighted by Gasteiger charge is -2.05. The smallest absolute Gasteiger partial charge is 0.0143 e. The van der Waals surface area contributed by atoms with E-state index in [1.165, 1.54) is 44.9 Å². The summed E-state index contributed by atoms with van der Waals surface area (Å²) in [5.41, 5.74) is 0. The molecule has 0 rings (SSSR count). The van der Waals surface area contributed by atoms with Crippen molar-refractivity contribution in [1.29, 1.82) is 0 Å². The molecule has 0 aliphatic rings. The van der Waals surface area contributed by atoms with Crippen molar-refractivity contribution in [3.8, 4) is 0 Å². The Bertz CT molecular complexity index is 118. The Labute approximate surface area is 91.9 Å². The molecule has 78 valence electrons. The fourth-order valence-electron chi connectivity index (χ4n) is 1.35. The number of alkyl halides is 1. The molecule has 0 heterocycles. The van der Waals surface area contributed by atoms with Crippen molar-refractivity contribution >= 4 is 15.9 Å². The van der Waals surface area contributed by atoms with Crippen molar-refractivity contribution in [2.24, 2.45) is 0 Å². The third-order valence-corrected chi connectivity index (χ3v) is 3.42. The first-order chi connectivity index (χ1) is 6.31. The standard InChI is InChI=1S/C12H23Br/c1-3-5-6-7-8-9-10-11-12(13)4-2/h3,5,12H,4,6-11H2,1-2H3/b5-3+. The van der Waals surface area contributed by atoms with E-state index in [-0.39, 0.29) is 0 Å². The lowest BCUT2D eigenvalue weighted by molar-refractivity contribution is 0.603. The molecule has 0 nitrogen and oxygen atoms in total. The molecule has 0 aromatic heterocycles. The molecule has 0 aromatic rings. The maximum Gasteiger partial charge on any atom is 0.0143 e. The van der Waals surface area contributed by atoms with Crippen LogP contribution in [0.2, 0.25) is 0 Å². The Balaban J connectivity index is 2.99. The molecule has 0 saturated heterocycles.